The minimum atomic E-state index is -0.622. The third-order valence-corrected chi connectivity index (χ3v) is 4.82. The number of allylic oxidation sites excluding steroid dienone is 1. The molecule has 3 N–H and O–H groups in total. The Morgan fingerprint density at radius 3 is 2.67 bits per heavy atom. The van der Waals surface area contributed by atoms with Gasteiger partial charge in [0, 0.05) is 24.9 Å². The number of ether oxygens (including phenoxy) is 1. The van der Waals surface area contributed by atoms with E-state index in [1.165, 1.54) is 5.56 Å². The Kier molecular flexibility index (Phi) is 11.9. The number of benzene rings is 1. The van der Waals surface area contributed by atoms with Crippen molar-refractivity contribution in [2.45, 2.75) is 51.2 Å². The van der Waals surface area contributed by atoms with Gasteiger partial charge in [0.25, 0.3) is 0 Å². The molecule has 0 aliphatic rings. The summed E-state index contributed by atoms with van der Waals surface area (Å²) in [5, 5.41) is 9.85. The van der Waals surface area contributed by atoms with Crippen LogP contribution in [0.5, 0.6) is 0 Å². The van der Waals surface area contributed by atoms with Crippen LogP contribution in [0, 0.1) is 0 Å². The molecule has 0 aromatic heterocycles. The number of aliphatic hydroxyl groups excluding tert-OH is 1. The maximum absolute atomic E-state index is 12.6. The number of carbonyl (C=O) groups is 1. The van der Waals surface area contributed by atoms with Crippen LogP contribution in [0.4, 0.5) is 0 Å². The van der Waals surface area contributed by atoms with Crippen LogP contribution in [0.2, 0.25) is 0 Å². The number of hydrogen-bond acceptors (Lipinski definition) is 5. The number of thiol groups is 1. The first kappa shape index (κ1) is 23.5. The number of aliphatic hydroxyl groups is 1. The van der Waals surface area contributed by atoms with Crippen molar-refractivity contribution in [2.75, 3.05) is 26.0 Å². The zero-order valence-corrected chi connectivity index (χ0v) is 17.4. The van der Waals surface area contributed by atoms with Crippen molar-refractivity contribution < 1.29 is 14.6 Å². The van der Waals surface area contributed by atoms with Crippen molar-refractivity contribution in [3.63, 3.8) is 0 Å². The molecule has 2 unspecified atom stereocenters. The smallest absolute Gasteiger partial charge is 0.222 e. The summed E-state index contributed by atoms with van der Waals surface area (Å²) in [7, 11) is 1.84. The predicted molar refractivity (Wildman–Crippen MR) is 114 cm³/mol. The van der Waals surface area contributed by atoms with Crippen molar-refractivity contribution in [3.05, 3.63) is 47.7 Å². The molecule has 1 rings (SSSR count). The van der Waals surface area contributed by atoms with Crippen LogP contribution in [-0.4, -0.2) is 54.1 Å². The summed E-state index contributed by atoms with van der Waals surface area (Å²) in [4.78, 5) is 14.4. The zero-order chi connectivity index (χ0) is 20.1. The zero-order valence-electron chi connectivity index (χ0n) is 16.5. The summed E-state index contributed by atoms with van der Waals surface area (Å²) >= 11 is 4.17. The van der Waals surface area contributed by atoms with Gasteiger partial charge < -0.3 is 20.5 Å². The van der Waals surface area contributed by atoms with Gasteiger partial charge in [-0.3, -0.25) is 4.79 Å². The SMILES string of the molecule is CC=C(N)C(O)CCCCC(=O)N(C)C(COCCS)Cc1ccccc1. The number of rotatable bonds is 13. The van der Waals surface area contributed by atoms with Crippen LogP contribution in [0.15, 0.2) is 42.1 Å². The van der Waals surface area contributed by atoms with Gasteiger partial charge in [0.1, 0.15) is 0 Å². The maximum atomic E-state index is 12.6. The second kappa shape index (κ2) is 13.6. The van der Waals surface area contributed by atoms with Gasteiger partial charge in [0.15, 0.2) is 0 Å². The summed E-state index contributed by atoms with van der Waals surface area (Å²) in [6, 6.07) is 10.1. The normalized spacial score (nSPS) is 14.0. The van der Waals surface area contributed by atoms with Crippen LogP contribution in [0.1, 0.15) is 38.2 Å². The molecule has 1 aromatic carbocycles. The molecule has 0 radical (unpaired) electrons. The molecule has 6 heteroatoms. The summed E-state index contributed by atoms with van der Waals surface area (Å²) in [6.07, 6.45) is 4.36. The number of likely N-dealkylation sites (N-methyl/N-ethyl adjacent to an activating group) is 1. The Balaban J connectivity index is 2.52. The number of nitrogens with zero attached hydrogens (tertiary/aromatic N) is 1. The van der Waals surface area contributed by atoms with E-state index >= 15 is 0 Å². The first-order valence-corrected chi connectivity index (χ1v) is 10.2. The van der Waals surface area contributed by atoms with Gasteiger partial charge in [-0.2, -0.15) is 12.6 Å². The van der Waals surface area contributed by atoms with Gasteiger partial charge in [-0.05, 0) is 38.2 Å². The van der Waals surface area contributed by atoms with Crippen molar-refractivity contribution in [3.8, 4) is 0 Å². The number of hydrogen-bond donors (Lipinski definition) is 3. The standard InChI is InChI=1S/C21H34N2O3S/c1-3-19(22)20(24)11-7-8-12-21(25)23(2)18(16-26-13-14-27)15-17-9-5-4-6-10-17/h3-6,9-10,18,20,24,27H,7-8,11-16,22H2,1-2H3. The van der Waals surface area contributed by atoms with Gasteiger partial charge in [0.05, 0.1) is 25.4 Å². The fourth-order valence-corrected chi connectivity index (χ4v) is 2.96. The van der Waals surface area contributed by atoms with Gasteiger partial charge in [-0.15, -0.1) is 0 Å². The Bertz CT molecular complexity index is 566. The van der Waals surface area contributed by atoms with E-state index in [4.69, 9.17) is 10.5 Å². The third kappa shape index (κ3) is 9.31. The average molecular weight is 395 g/mol. The van der Waals surface area contributed by atoms with Crippen LogP contribution in [-0.2, 0) is 16.0 Å². The summed E-state index contributed by atoms with van der Waals surface area (Å²) < 4.78 is 5.66. The highest BCUT2D eigenvalue weighted by atomic mass is 32.1. The lowest BCUT2D eigenvalue weighted by molar-refractivity contribution is -0.133. The van der Waals surface area contributed by atoms with Gasteiger partial charge in [-0.25, -0.2) is 0 Å². The second-order valence-electron chi connectivity index (χ2n) is 6.70. The Morgan fingerprint density at radius 2 is 2.04 bits per heavy atom. The van der Waals surface area contributed by atoms with Crippen molar-refractivity contribution in [2.24, 2.45) is 5.73 Å². The fraction of sp³-hybridized carbons (Fsp3) is 0.571. The molecule has 0 saturated heterocycles. The van der Waals surface area contributed by atoms with E-state index in [1.807, 2.05) is 25.2 Å². The molecule has 0 fully saturated rings. The van der Waals surface area contributed by atoms with E-state index < -0.39 is 6.10 Å². The first-order chi connectivity index (χ1) is 13.0. The Labute approximate surface area is 169 Å². The number of nitrogens with two attached hydrogens (primary N) is 1. The summed E-state index contributed by atoms with van der Waals surface area (Å²) in [5.41, 5.74) is 7.36. The molecular weight excluding hydrogens is 360 g/mol. The Morgan fingerprint density at radius 1 is 1.33 bits per heavy atom. The van der Waals surface area contributed by atoms with Crippen molar-refractivity contribution in [1.82, 2.24) is 4.90 Å². The van der Waals surface area contributed by atoms with E-state index in [0.717, 1.165) is 19.3 Å². The molecular formula is C21H34N2O3S. The molecule has 5 nitrogen and oxygen atoms in total. The molecule has 27 heavy (non-hydrogen) atoms. The summed E-state index contributed by atoms with van der Waals surface area (Å²) in [6.45, 7) is 2.87. The van der Waals surface area contributed by atoms with Crippen molar-refractivity contribution in [1.29, 1.82) is 0 Å². The molecule has 0 aliphatic heterocycles. The van der Waals surface area contributed by atoms with E-state index in [-0.39, 0.29) is 11.9 Å². The predicted octanol–water partition coefficient (Wildman–Crippen LogP) is 2.79. The van der Waals surface area contributed by atoms with Gasteiger partial charge in [-0.1, -0.05) is 36.4 Å². The topological polar surface area (TPSA) is 75.8 Å². The molecule has 0 bridgehead atoms. The van der Waals surface area contributed by atoms with Gasteiger partial charge >= 0.3 is 0 Å². The number of unbranched alkanes of at least 4 members (excludes halogenated alkanes) is 1. The van der Waals surface area contributed by atoms with E-state index in [0.29, 0.717) is 37.5 Å². The average Bonchev–Trinajstić information content (AvgIpc) is 2.69. The van der Waals surface area contributed by atoms with Crippen molar-refractivity contribution >= 4 is 18.5 Å². The van der Waals surface area contributed by atoms with Gasteiger partial charge in [0.2, 0.25) is 5.91 Å². The van der Waals surface area contributed by atoms with E-state index in [9.17, 15) is 9.90 Å². The van der Waals surface area contributed by atoms with Crippen LogP contribution in [0.3, 0.4) is 0 Å². The fourth-order valence-electron chi connectivity index (χ4n) is 2.83. The molecule has 1 amide bonds. The quantitative estimate of drug-likeness (QED) is 0.355. The molecule has 0 spiro atoms. The van der Waals surface area contributed by atoms with Crippen LogP contribution < -0.4 is 5.73 Å². The van der Waals surface area contributed by atoms with Crippen LogP contribution >= 0.6 is 12.6 Å². The molecule has 152 valence electrons. The lowest BCUT2D eigenvalue weighted by Crippen LogP contribution is -2.41. The molecule has 0 aliphatic carbocycles. The minimum Gasteiger partial charge on any atom is -0.400 e. The molecule has 2 atom stereocenters. The minimum absolute atomic E-state index is 0.0101. The highest BCUT2D eigenvalue weighted by molar-refractivity contribution is 7.80. The van der Waals surface area contributed by atoms with E-state index in [2.05, 4.69) is 24.8 Å². The lowest BCUT2D eigenvalue weighted by Gasteiger charge is -2.28. The molecule has 1 aromatic rings. The number of carbonyl (C=O) groups excluding carboxylic acids is 1. The highest BCUT2D eigenvalue weighted by Gasteiger charge is 2.20. The third-order valence-electron chi connectivity index (χ3n) is 4.64. The highest BCUT2D eigenvalue weighted by Crippen LogP contribution is 2.13. The maximum Gasteiger partial charge on any atom is 0.222 e. The summed E-state index contributed by atoms with van der Waals surface area (Å²) in [5.74, 6) is 0.756. The monoisotopic (exact) mass is 394 g/mol. The van der Waals surface area contributed by atoms with E-state index in [1.54, 1.807) is 17.9 Å². The molecule has 0 heterocycles. The lowest BCUT2D eigenvalue weighted by atomic mass is 10.0. The first-order valence-electron chi connectivity index (χ1n) is 9.57. The number of amides is 1. The largest absolute Gasteiger partial charge is 0.400 e. The Hall–Kier alpha value is -1.50. The molecule has 0 saturated carbocycles. The van der Waals surface area contributed by atoms with Crippen LogP contribution in [0.25, 0.3) is 0 Å². The second-order valence-corrected chi connectivity index (χ2v) is 7.14.